The number of nitrogens with zero attached hydrogens (tertiary/aromatic N) is 1. The van der Waals surface area contributed by atoms with E-state index in [4.69, 9.17) is 23.2 Å². The van der Waals surface area contributed by atoms with Gasteiger partial charge in [0.1, 0.15) is 0 Å². The molecule has 4 nitrogen and oxygen atoms in total. The standard InChI is InChI=1S/C14H19Cl2N3OS/c1-21-13-8-10(11(15)9-12(13)16)14(20)18-4-7-19-5-2-17-3-6-19/h8-9,17H,2-7H2,1H3,(H,18,20). The molecule has 1 amide bonds. The number of piperazine rings is 1. The van der Waals surface area contributed by atoms with Gasteiger partial charge in [-0.15, -0.1) is 11.8 Å². The van der Waals surface area contributed by atoms with Crippen LogP contribution in [0.25, 0.3) is 0 Å². The fourth-order valence-corrected chi connectivity index (χ4v) is 3.41. The Morgan fingerprint density at radius 2 is 2.05 bits per heavy atom. The SMILES string of the molecule is CSc1cc(C(=O)NCCN2CCNCC2)c(Cl)cc1Cl. The van der Waals surface area contributed by atoms with E-state index in [1.54, 1.807) is 12.1 Å². The Labute approximate surface area is 139 Å². The van der Waals surface area contributed by atoms with E-state index >= 15 is 0 Å². The van der Waals surface area contributed by atoms with Crippen LogP contribution >= 0.6 is 35.0 Å². The summed E-state index contributed by atoms with van der Waals surface area (Å²) in [5.74, 6) is -0.151. The first-order chi connectivity index (χ1) is 10.1. The van der Waals surface area contributed by atoms with Crippen LogP contribution in [0.3, 0.4) is 0 Å². The van der Waals surface area contributed by atoms with Gasteiger partial charge in [0, 0.05) is 44.2 Å². The molecule has 21 heavy (non-hydrogen) atoms. The number of halogens is 2. The van der Waals surface area contributed by atoms with Gasteiger partial charge in [0.05, 0.1) is 15.6 Å². The van der Waals surface area contributed by atoms with Crippen LogP contribution in [0, 0.1) is 0 Å². The molecule has 1 aliphatic heterocycles. The van der Waals surface area contributed by atoms with Crippen LogP contribution in [-0.2, 0) is 0 Å². The number of thioether (sulfide) groups is 1. The third-order valence-electron chi connectivity index (χ3n) is 3.41. The van der Waals surface area contributed by atoms with E-state index in [-0.39, 0.29) is 5.91 Å². The van der Waals surface area contributed by atoms with E-state index in [0.29, 0.717) is 22.2 Å². The van der Waals surface area contributed by atoms with E-state index in [1.165, 1.54) is 11.8 Å². The normalized spacial score (nSPS) is 16.0. The number of rotatable bonds is 5. The quantitative estimate of drug-likeness (QED) is 0.802. The van der Waals surface area contributed by atoms with Crippen molar-refractivity contribution in [2.24, 2.45) is 0 Å². The second kappa shape index (κ2) is 8.25. The number of carbonyl (C=O) groups is 1. The number of benzene rings is 1. The molecule has 0 aromatic heterocycles. The topological polar surface area (TPSA) is 44.4 Å². The molecule has 1 aliphatic rings. The molecule has 0 aliphatic carbocycles. The first kappa shape index (κ1) is 16.9. The highest BCUT2D eigenvalue weighted by molar-refractivity contribution is 7.98. The minimum Gasteiger partial charge on any atom is -0.351 e. The Kier molecular flexibility index (Phi) is 6.64. The third kappa shape index (κ3) is 4.76. The van der Waals surface area contributed by atoms with E-state index in [0.717, 1.165) is 37.6 Å². The molecule has 7 heteroatoms. The van der Waals surface area contributed by atoms with E-state index < -0.39 is 0 Å². The van der Waals surface area contributed by atoms with Crippen molar-refractivity contribution in [1.82, 2.24) is 15.5 Å². The number of hydrogen-bond acceptors (Lipinski definition) is 4. The Morgan fingerprint density at radius 3 is 2.71 bits per heavy atom. The Morgan fingerprint density at radius 1 is 1.33 bits per heavy atom. The lowest BCUT2D eigenvalue weighted by Gasteiger charge is -2.27. The van der Waals surface area contributed by atoms with Crippen LogP contribution < -0.4 is 10.6 Å². The fraction of sp³-hybridized carbons (Fsp3) is 0.500. The highest BCUT2D eigenvalue weighted by atomic mass is 35.5. The molecule has 1 heterocycles. The molecular formula is C14H19Cl2N3OS. The summed E-state index contributed by atoms with van der Waals surface area (Å²) in [5.41, 5.74) is 0.478. The minimum atomic E-state index is -0.151. The first-order valence-electron chi connectivity index (χ1n) is 6.86. The predicted octanol–water partition coefficient (Wildman–Crippen LogP) is 2.35. The zero-order valence-electron chi connectivity index (χ0n) is 11.9. The molecular weight excluding hydrogens is 329 g/mol. The van der Waals surface area contributed by atoms with Crippen molar-refractivity contribution >= 4 is 40.9 Å². The molecule has 2 N–H and O–H groups in total. The summed E-state index contributed by atoms with van der Waals surface area (Å²) in [6.07, 6.45) is 1.92. The van der Waals surface area contributed by atoms with Crippen LogP contribution in [0.1, 0.15) is 10.4 Å². The van der Waals surface area contributed by atoms with Crippen molar-refractivity contribution in [3.05, 3.63) is 27.7 Å². The highest BCUT2D eigenvalue weighted by Gasteiger charge is 2.14. The van der Waals surface area contributed by atoms with Gasteiger partial charge in [0.2, 0.25) is 0 Å². The van der Waals surface area contributed by atoms with Crippen molar-refractivity contribution in [3.63, 3.8) is 0 Å². The highest BCUT2D eigenvalue weighted by Crippen LogP contribution is 2.31. The average molecular weight is 348 g/mol. The second-order valence-electron chi connectivity index (χ2n) is 4.81. The van der Waals surface area contributed by atoms with Crippen molar-refractivity contribution in [2.45, 2.75) is 4.90 Å². The van der Waals surface area contributed by atoms with Crippen molar-refractivity contribution in [3.8, 4) is 0 Å². The van der Waals surface area contributed by atoms with Crippen LogP contribution in [0.4, 0.5) is 0 Å². The molecule has 0 spiro atoms. The first-order valence-corrected chi connectivity index (χ1v) is 8.84. The minimum absolute atomic E-state index is 0.151. The monoisotopic (exact) mass is 347 g/mol. The summed E-state index contributed by atoms with van der Waals surface area (Å²) >= 11 is 13.7. The molecule has 0 atom stereocenters. The second-order valence-corrected chi connectivity index (χ2v) is 6.48. The Hall–Kier alpha value is -0.460. The molecule has 2 rings (SSSR count). The zero-order valence-corrected chi connectivity index (χ0v) is 14.2. The van der Waals surface area contributed by atoms with Gasteiger partial charge >= 0.3 is 0 Å². The van der Waals surface area contributed by atoms with Crippen LogP contribution in [0.5, 0.6) is 0 Å². The zero-order chi connectivity index (χ0) is 15.2. The van der Waals surface area contributed by atoms with Crippen molar-refractivity contribution < 1.29 is 4.79 Å². The van der Waals surface area contributed by atoms with Gasteiger partial charge in [0.25, 0.3) is 5.91 Å². The van der Waals surface area contributed by atoms with Crippen LogP contribution in [0.2, 0.25) is 10.0 Å². The van der Waals surface area contributed by atoms with Gasteiger partial charge < -0.3 is 10.6 Å². The van der Waals surface area contributed by atoms with E-state index in [9.17, 15) is 4.79 Å². The largest absolute Gasteiger partial charge is 0.351 e. The molecule has 0 saturated carbocycles. The van der Waals surface area contributed by atoms with E-state index in [2.05, 4.69) is 15.5 Å². The maximum Gasteiger partial charge on any atom is 0.252 e. The molecule has 1 aromatic rings. The molecule has 0 radical (unpaired) electrons. The van der Waals surface area contributed by atoms with Crippen LogP contribution in [-0.4, -0.2) is 56.3 Å². The van der Waals surface area contributed by atoms with Gasteiger partial charge in [-0.2, -0.15) is 0 Å². The Bertz CT molecular complexity index is 507. The molecule has 1 aromatic carbocycles. The molecule has 1 saturated heterocycles. The number of nitrogens with one attached hydrogen (secondary N) is 2. The molecule has 116 valence electrons. The smallest absolute Gasteiger partial charge is 0.252 e. The van der Waals surface area contributed by atoms with Gasteiger partial charge in [0.15, 0.2) is 0 Å². The van der Waals surface area contributed by atoms with Gasteiger partial charge in [-0.3, -0.25) is 9.69 Å². The Balaban J connectivity index is 1.90. The van der Waals surface area contributed by atoms with Gasteiger partial charge in [-0.1, -0.05) is 23.2 Å². The molecule has 0 bridgehead atoms. The number of carbonyl (C=O) groups excluding carboxylic acids is 1. The maximum atomic E-state index is 12.2. The summed E-state index contributed by atoms with van der Waals surface area (Å²) in [4.78, 5) is 15.4. The van der Waals surface area contributed by atoms with Crippen molar-refractivity contribution in [1.29, 1.82) is 0 Å². The molecule has 1 fully saturated rings. The van der Waals surface area contributed by atoms with Gasteiger partial charge in [-0.25, -0.2) is 0 Å². The third-order valence-corrected chi connectivity index (χ3v) is 4.92. The number of hydrogen-bond donors (Lipinski definition) is 2. The summed E-state index contributed by atoms with van der Waals surface area (Å²) in [5, 5.41) is 7.18. The van der Waals surface area contributed by atoms with Crippen LogP contribution in [0.15, 0.2) is 17.0 Å². The number of amides is 1. The summed E-state index contributed by atoms with van der Waals surface area (Å²) in [6.45, 7) is 5.53. The lowest BCUT2D eigenvalue weighted by atomic mass is 10.2. The predicted molar refractivity (Wildman–Crippen MR) is 89.9 cm³/mol. The van der Waals surface area contributed by atoms with E-state index in [1.807, 2.05) is 6.26 Å². The molecule has 0 unspecified atom stereocenters. The van der Waals surface area contributed by atoms with Crippen molar-refractivity contribution in [2.75, 3.05) is 45.5 Å². The summed E-state index contributed by atoms with van der Waals surface area (Å²) < 4.78 is 0. The lowest BCUT2D eigenvalue weighted by Crippen LogP contribution is -2.46. The fourth-order valence-electron chi connectivity index (χ4n) is 2.22. The maximum absolute atomic E-state index is 12.2. The summed E-state index contributed by atoms with van der Waals surface area (Å²) in [6, 6.07) is 3.37. The average Bonchev–Trinajstić information content (AvgIpc) is 2.48. The van der Waals surface area contributed by atoms with Gasteiger partial charge in [-0.05, 0) is 18.4 Å². The lowest BCUT2D eigenvalue weighted by molar-refractivity contribution is 0.0947. The summed E-state index contributed by atoms with van der Waals surface area (Å²) in [7, 11) is 0.